The fraction of sp³-hybridized carbons (Fsp3) is 0.333. The summed E-state index contributed by atoms with van der Waals surface area (Å²) in [6, 6.07) is 4.13. The number of rotatable bonds is 2. The van der Waals surface area contributed by atoms with Crippen LogP contribution in [0, 0.1) is 0 Å². The van der Waals surface area contributed by atoms with Gasteiger partial charge in [-0.1, -0.05) is 6.92 Å². The summed E-state index contributed by atoms with van der Waals surface area (Å²) in [5.74, 6) is 1.05. The fourth-order valence-corrected chi connectivity index (χ4v) is 3.13. The van der Waals surface area contributed by atoms with Crippen molar-refractivity contribution < 1.29 is 0 Å². The maximum atomic E-state index is 4.52. The smallest absolute Gasteiger partial charge is 0.130 e. The molecule has 1 aliphatic heterocycles. The Labute approximate surface area is 98.2 Å². The zero-order chi connectivity index (χ0) is 11.0. The Hall–Kier alpha value is -1.42. The molecular weight excluding hydrogens is 218 g/mol. The van der Waals surface area contributed by atoms with Crippen molar-refractivity contribution in [1.82, 2.24) is 10.3 Å². The predicted molar refractivity (Wildman–Crippen MR) is 68.4 cm³/mol. The maximum Gasteiger partial charge on any atom is 0.130 e. The van der Waals surface area contributed by atoms with Gasteiger partial charge in [-0.2, -0.15) is 0 Å². The number of aliphatic imine (C=N–C) groups is 1. The molecule has 0 saturated heterocycles. The maximum absolute atomic E-state index is 4.52. The van der Waals surface area contributed by atoms with Crippen molar-refractivity contribution in [3.63, 3.8) is 0 Å². The molecule has 0 aromatic carbocycles. The molecule has 0 amide bonds. The van der Waals surface area contributed by atoms with Gasteiger partial charge in [-0.3, -0.25) is 4.99 Å². The van der Waals surface area contributed by atoms with Crippen molar-refractivity contribution in [3.8, 4) is 0 Å². The molecule has 1 N–H and O–H groups in total. The van der Waals surface area contributed by atoms with Gasteiger partial charge >= 0.3 is 0 Å². The van der Waals surface area contributed by atoms with Crippen LogP contribution in [-0.4, -0.2) is 23.9 Å². The van der Waals surface area contributed by atoms with E-state index in [9.17, 15) is 0 Å². The highest BCUT2D eigenvalue weighted by atomic mass is 32.1. The number of amidine groups is 1. The number of pyridine rings is 1. The summed E-state index contributed by atoms with van der Waals surface area (Å²) in [6.45, 7) is 4.02. The minimum absolute atomic E-state index is 0.885. The molecular formula is C12H13N3S. The zero-order valence-electron chi connectivity index (χ0n) is 9.16. The third-order valence-electron chi connectivity index (χ3n) is 2.77. The lowest BCUT2D eigenvalue weighted by atomic mass is 10.1. The summed E-state index contributed by atoms with van der Waals surface area (Å²) in [4.78, 5) is 11.4. The molecule has 0 unspecified atom stereocenters. The van der Waals surface area contributed by atoms with E-state index in [4.69, 9.17) is 0 Å². The van der Waals surface area contributed by atoms with Gasteiger partial charge in [0.2, 0.25) is 0 Å². The summed E-state index contributed by atoms with van der Waals surface area (Å²) in [5, 5.41) is 4.59. The fourth-order valence-electron chi connectivity index (χ4n) is 2.05. The minimum atomic E-state index is 0.885. The van der Waals surface area contributed by atoms with E-state index in [1.165, 1.54) is 15.8 Å². The van der Waals surface area contributed by atoms with Crippen LogP contribution in [0.3, 0.4) is 0 Å². The molecule has 82 valence electrons. The normalized spacial score (nSPS) is 15.2. The van der Waals surface area contributed by atoms with Crippen LogP contribution in [0.2, 0.25) is 0 Å². The Balaban J connectivity index is 2.27. The number of nitrogens with zero attached hydrogens (tertiary/aromatic N) is 2. The van der Waals surface area contributed by atoms with Crippen LogP contribution in [-0.2, 0) is 6.42 Å². The quantitative estimate of drug-likeness (QED) is 0.860. The summed E-state index contributed by atoms with van der Waals surface area (Å²) in [6.07, 6.45) is 2.89. The second-order valence-electron chi connectivity index (χ2n) is 3.77. The van der Waals surface area contributed by atoms with Crippen molar-refractivity contribution >= 4 is 27.4 Å². The van der Waals surface area contributed by atoms with Gasteiger partial charge in [-0.15, -0.1) is 11.3 Å². The van der Waals surface area contributed by atoms with Crippen LogP contribution in [0.15, 0.2) is 23.3 Å². The topological polar surface area (TPSA) is 37.3 Å². The van der Waals surface area contributed by atoms with E-state index in [1.54, 1.807) is 11.3 Å². The van der Waals surface area contributed by atoms with Gasteiger partial charge < -0.3 is 5.32 Å². The third-order valence-corrected chi connectivity index (χ3v) is 4.03. The van der Waals surface area contributed by atoms with E-state index in [0.29, 0.717) is 0 Å². The van der Waals surface area contributed by atoms with E-state index in [0.717, 1.165) is 30.2 Å². The highest BCUT2D eigenvalue weighted by molar-refractivity contribution is 7.19. The molecule has 2 aromatic heterocycles. The van der Waals surface area contributed by atoms with Crippen molar-refractivity contribution in [2.45, 2.75) is 13.3 Å². The predicted octanol–water partition coefficient (Wildman–Crippen LogP) is 2.21. The lowest BCUT2D eigenvalue weighted by Crippen LogP contribution is -2.20. The summed E-state index contributed by atoms with van der Waals surface area (Å²) in [7, 11) is 0. The average molecular weight is 231 g/mol. The van der Waals surface area contributed by atoms with Crippen LogP contribution >= 0.6 is 11.3 Å². The van der Waals surface area contributed by atoms with Gasteiger partial charge in [0.05, 0.1) is 6.54 Å². The summed E-state index contributed by atoms with van der Waals surface area (Å²) < 4.78 is 0. The molecule has 3 rings (SSSR count). The van der Waals surface area contributed by atoms with Crippen LogP contribution < -0.4 is 5.32 Å². The molecule has 0 atom stereocenters. The van der Waals surface area contributed by atoms with E-state index >= 15 is 0 Å². The Morgan fingerprint density at radius 3 is 3.19 bits per heavy atom. The number of thiophene rings is 1. The second kappa shape index (κ2) is 3.87. The van der Waals surface area contributed by atoms with Gasteiger partial charge in [0.15, 0.2) is 0 Å². The number of aromatic nitrogens is 1. The molecule has 0 spiro atoms. The number of fused-ring (bicyclic) bond motifs is 1. The van der Waals surface area contributed by atoms with Crippen LogP contribution in [0.25, 0.3) is 10.2 Å². The molecule has 0 saturated carbocycles. The number of aryl methyl sites for hydroxylation is 1. The first-order valence-electron chi connectivity index (χ1n) is 5.55. The van der Waals surface area contributed by atoms with Crippen molar-refractivity contribution in [1.29, 1.82) is 0 Å². The molecule has 2 aromatic rings. The van der Waals surface area contributed by atoms with E-state index < -0.39 is 0 Å². The van der Waals surface area contributed by atoms with E-state index in [1.807, 2.05) is 12.3 Å². The molecule has 16 heavy (non-hydrogen) atoms. The molecule has 0 radical (unpaired) electrons. The monoisotopic (exact) mass is 231 g/mol. The van der Waals surface area contributed by atoms with Crippen molar-refractivity contribution in [2.24, 2.45) is 4.99 Å². The molecule has 3 heterocycles. The first-order valence-corrected chi connectivity index (χ1v) is 6.37. The van der Waals surface area contributed by atoms with Gasteiger partial charge in [0, 0.05) is 28.6 Å². The Morgan fingerprint density at radius 2 is 2.44 bits per heavy atom. The Kier molecular flexibility index (Phi) is 2.36. The SMILES string of the molecule is CCc1sc2ncccc2c1C1=NCCN1. The molecule has 0 aliphatic carbocycles. The first-order chi connectivity index (χ1) is 7.90. The lowest BCUT2D eigenvalue weighted by molar-refractivity contribution is 0.960. The summed E-state index contributed by atoms with van der Waals surface area (Å²) in [5.41, 5.74) is 1.27. The largest absolute Gasteiger partial charge is 0.368 e. The van der Waals surface area contributed by atoms with Crippen molar-refractivity contribution in [2.75, 3.05) is 13.1 Å². The van der Waals surface area contributed by atoms with Gasteiger partial charge in [0.1, 0.15) is 10.7 Å². The van der Waals surface area contributed by atoms with Gasteiger partial charge in [-0.25, -0.2) is 4.98 Å². The van der Waals surface area contributed by atoms with Crippen LogP contribution in [0.5, 0.6) is 0 Å². The zero-order valence-corrected chi connectivity index (χ0v) is 9.97. The average Bonchev–Trinajstić information content (AvgIpc) is 2.94. The molecule has 1 aliphatic rings. The Morgan fingerprint density at radius 1 is 1.50 bits per heavy atom. The highest BCUT2D eigenvalue weighted by Crippen LogP contribution is 2.30. The molecule has 3 nitrogen and oxygen atoms in total. The van der Waals surface area contributed by atoms with E-state index in [-0.39, 0.29) is 0 Å². The molecule has 0 fully saturated rings. The highest BCUT2D eigenvalue weighted by Gasteiger charge is 2.18. The van der Waals surface area contributed by atoms with Crippen LogP contribution in [0.4, 0.5) is 0 Å². The van der Waals surface area contributed by atoms with Gasteiger partial charge in [0.25, 0.3) is 0 Å². The standard InChI is InChI=1S/C12H13N3S/c1-2-9-10(11-13-6-7-14-11)8-4-3-5-15-12(8)16-9/h3-5H,2,6-7H2,1H3,(H,13,14). The third kappa shape index (κ3) is 1.41. The number of hydrogen-bond donors (Lipinski definition) is 1. The van der Waals surface area contributed by atoms with Crippen molar-refractivity contribution in [3.05, 3.63) is 28.8 Å². The number of hydrogen-bond acceptors (Lipinski definition) is 4. The lowest BCUT2D eigenvalue weighted by Gasteiger charge is -2.03. The first kappa shape index (κ1) is 9.78. The molecule has 0 bridgehead atoms. The summed E-state index contributed by atoms with van der Waals surface area (Å²) >= 11 is 1.78. The Bertz CT molecular complexity index is 556. The van der Waals surface area contributed by atoms with Gasteiger partial charge in [-0.05, 0) is 18.6 Å². The van der Waals surface area contributed by atoms with Crippen LogP contribution in [0.1, 0.15) is 17.4 Å². The van der Waals surface area contributed by atoms with E-state index in [2.05, 4.69) is 28.3 Å². The number of nitrogens with one attached hydrogen (secondary N) is 1. The molecule has 4 heteroatoms. The second-order valence-corrected chi connectivity index (χ2v) is 4.85. The minimum Gasteiger partial charge on any atom is -0.368 e.